The molecule has 0 radical (unpaired) electrons. The summed E-state index contributed by atoms with van der Waals surface area (Å²) in [5.74, 6) is 1.00. The van der Waals surface area contributed by atoms with Gasteiger partial charge in [-0.2, -0.15) is 0 Å². The molecule has 1 aromatic heterocycles. The summed E-state index contributed by atoms with van der Waals surface area (Å²) in [6, 6.07) is 8.18. The summed E-state index contributed by atoms with van der Waals surface area (Å²) in [4.78, 5) is 2.17. The third kappa shape index (κ3) is 2.11. The Kier molecular flexibility index (Phi) is 2.68. The SMILES string of the molecule is Cc1[o+]c(-c2ccc(Br)cc2)c[se]1. The Bertz CT molecular complexity index is 405. The molecule has 3 heteroatoms. The Morgan fingerprint density at radius 3 is 2.46 bits per heavy atom. The average Bonchev–Trinajstić information content (AvgIpc) is 2.53. The van der Waals surface area contributed by atoms with Crippen LogP contribution in [0.15, 0.2) is 38.1 Å². The second kappa shape index (κ2) is 3.79. The fraction of sp³-hybridized carbons (Fsp3) is 0.100. The second-order valence-corrected chi connectivity index (χ2v) is 5.81. The molecule has 0 amide bonds. The molecule has 0 atom stereocenters. The van der Waals surface area contributed by atoms with Gasteiger partial charge in [0.2, 0.25) is 0 Å². The first-order valence-electron chi connectivity index (χ1n) is 3.90. The Hall–Kier alpha value is -0.371. The van der Waals surface area contributed by atoms with Crippen molar-refractivity contribution in [3.05, 3.63) is 38.3 Å². The van der Waals surface area contributed by atoms with E-state index in [1.165, 1.54) is 0 Å². The van der Waals surface area contributed by atoms with Crippen molar-refractivity contribution in [3.8, 4) is 11.3 Å². The van der Waals surface area contributed by atoms with E-state index >= 15 is 0 Å². The van der Waals surface area contributed by atoms with Gasteiger partial charge in [-0.1, -0.05) is 0 Å². The fourth-order valence-corrected chi connectivity index (χ4v) is 2.59. The Balaban J connectivity index is 2.41. The van der Waals surface area contributed by atoms with Crippen LogP contribution in [0.4, 0.5) is 0 Å². The molecule has 2 aromatic rings. The molecule has 0 aliphatic carbocycles. The summed E-state index contributed by atoms with van der Waals surface area (Å²) in [6.07, 6.45) is 0. The summed E-state index contributed by atoms with van der Waals surface area (Å²) >= 11 is 3.82. The number of aryl methyl sites for hydroxylation is 1. The van der Waals surface area contributed by atoms with E-state index in [0.717, 1.165) is 20.4 Å². The molecule has 0 N–H and O–H groups in total. The van der Waals surface area contributed by atoms with E-state index in [0.29, 0.717) is 14.5 Å². The molecule has 1 nitrogen and oxygen atoms in total. The van der Waals surface area contributed by atoms with Crippen molar-refractivity contribution in [2.24, 2.45) is 0 Å². The van der Waals surface area contributed by atoms with Crippen molar-refractivity contribution < 1.29 is 4.42 Å². The van der Waals surface area contributed by atoms with Gasteiger partial charge in [-0.15, -0.1) is 0 Å². The normalized spacial score (nSPS) is 10.3. The van der Waals surface area contributed by atoms with Gasteiger partial charge in [0.05, 0.1) is 0 Å². The molecule has 0 bridgehead atoms. The van der Waals surface area contributed by atoms with E-state index < -0.39 is 0 Å². The Morgan fingerprint density at radius 2 is 1.92 bits per heavy atom. The summed E-state index contributed by atoms with van der Waals surface area (Å²) in [6.45, 7) is 2.03. The van der Waals surface area contributed by atoms with Crippen molar-refractivity contribution in [2.75, 3.05) is 0 Å². The maximum atomic E-state index is 5.58. The van der Waals surface area contributed by atoms with Gasteiger partial charge in [0, 0.05) is 0 Å². The predicted molar refractivity (Wildman–Crippen MR) is 57.9 cm³/mol. The quantitative estimate of drug-likeness (QED) is 0.581. The molecule has 0 aliphatic rings. The van der Waals surface area contributed by atoms with Gasteiger partial charge in [-0.05, 0) is 0 Å². The molecule has 0 aliphatic heterocycles. The molecule has 66 valence electrons. The minimum atomic E-state index is 0.419. The average molecular weight is 303 g/mol. The fourth-order valence-electron chi connectivity index (χ4n) is 1.08. The molecule has 0 unspecified atom stereocenters. The van der Waals surface area contributed by atoms with Crippen LogP contribution in [0.2, 0.25) is 0 Å². The van der Waals surface area contributed by atoms with Crippen LogP contribution in [0, 0.1) is 6.92 Å². The molecule has 0 saturated heterocycles. The molecule has 0 fully saturated rings. The molecular weight excluding hydrogens is 295 g/mol. The van der Waals surface area contributed by atoms with E-state index in [1.54, 1.807) is 0 Å². The van der Waals surface area contributed by atoms with Crippen molar-refractivity contribution >= 4 is 30.4 Å². The van der Waals surface area contributed by atoms with Crippen LogP contribution in [0.25, 0.3) is 11.3 Å². The zero-order valence-electron chi connectivity index (χ0n) is 7.08. The first-order chi connectivity index (χ1) is 6.25. The van der Waals surface area contributed by atoms with E-state index in [1.807, 2.05) is 19.1 Å². The molecular formula is C10H8BrOSe+. The van der Waals surface area contributed by atoms with Gasteiger partial charge in [-0.3, -0.25) is 0 Å². The minimum absolute atomic E-state index is 0.419. The van der Waals surface area contributed by atoms with Crippen LogP contribution in [0.5, 0.6) is 0 Å². The van der Waals surface area contributed by atoms with Gasteiger partial charge in [0.15, 0.2) is 0 Å². The maximum absolute atomic E-state index is 5.58. The predicted octanol–water partition coefficient (Wildman–Crippen LogP) is 3.36. The van der Waals surface area contributed by atoms with Crippen LogP contribution >= 0.6 is 15.9 Å². The molecule has 0 spiro atoms. The Labute approximate surface area is 91.3 Å². The summed E-state index contributed by atoms with van der Waals surface area (Å²) in [5.41, 5.74) is 1.15. The first-order valence-corrected chi connectivity index (χ1v) is 6.54. The van der Waals surface area contributed by atoms with Crippen LogP contribution in [-0.2, 0) is 0 Å². The third-order valence-electron chi connectivity index (χ3n) is 1.71. The summed E-state index contributed by atoms with van der Waals surface area (Å²) in [7, 11) is 0. The van der Waals surface area contributed by atoms with Crippen LogP contribution in [0.1, 0.15) is 4.63 Å². The second-order valence-electron chi connectivity index (χ2n) is 2.70. The monoisotopic (exact) mass is 303 g/mol. The van der Waals surface area contributed by atoms with Crippen LogP contribution in [-0.4, -0.2) is 14.5 Å². The van der Waals surface area contributed by atoms with E-state index in [9.17, 15) is 0 Å². The van der Waals surface area contributed by atoms with Crippen molar-refractivity contribution in [1.82, 2.24) is 0 Å². The van der Waals surface area contributed by atoms with Crippen molar-refractivity contribution in [1.29, 1.82) is 0 Å². The van der Waals surface area contributed by atoms with Crippen LogP contribution < -0.4 is 0 Å². The number of rotatable bonds is 1. The van der Waals surface area contributed by atoms with Gasteiger partial charge in [0.25, 0.3) is 0 Å². The van der Waals surface area contributed by atoms with Gasteiger partial charge in [0.1, 0.15) is 0 Å². The molecule has 2 rings (SSSR count). The first kappa shape index (κ1) is 9.19. The summed E-state index contributed by atoms with van der Waals surface area (Å²) in [5, 5.41) is 0. The van der Waals surface area contributed by atoms with Crippen LogP contribution in [0.3, 0.4) is 0 Å². The van der Waals surface area contributed by atoms with E-state index in [-0.39, 0.29) is 0 Å². The topological polar surface area (TPSA) is 11.3 Å². The molecule has 0 saturated carbocycles. The molecule has 1 heterocycles. The third-order valence-corrected chi connectivity index (χ3v) is 3.81. The van der Waals surface area contributed by atoms with Gasteiger partial charge in [-0.25, -0.2) is 0 Å². The van der Waals surface area contributed by atoms with E-state index in [2.05, 4.69) is 33.0 Å². The zero-order chi connectivity index (χ0) is 9.26. The van der Waals surface area contributed by atoms with E-state index in [4.69, 9.17) is 4.42 Å². The van der Waals surface area contributed by atoms with Gasteiger partial charge < -0.3 is 0 Å². The number of halogens is 1. The standard InChI is InChI=1S/C10H8BrOSe/c1-7-12-10(6-13-7)8-2-4-9(11)5-3-8/h2-6H,1H3/q+1. The number of hydrogen-bond donors (Lipinski definition) is 0. The number of benzene rings is 1. The number of hydrogen-bond acceptors (Lipinski definition) is 0. The zero-order valence-corrected chi connectivity index (χ0v) is 10.4. The summed E-state index contributed by atoms with van der Waals surface area (Å²) < 4.78 is 7.81. The molecule has 1 aromatic carbocycles. The van der Waals surface area contributed by atoms with Gasteiger partial charge >= 0.3 is 91.4 Å². The molecule has 13 heavy (non-hydrogen) atoms. The van der Waals surface area contributed by atoms with Crippen molar-refractivity contribution in [2.45, 2.75) is 6.92 Å². The van der Waals surface area contributed by atoms with Crippen molar-refractivity contribution in [3.63, 3.8) is 0 Å². The Morgan fingerprint density at radius 1 is 1.23 bits per heavy atom.